The monoisotopic (exact) mass is 366 g/mol. The van der Waals surface area contributed by atoms with E-state index in [1.807, 2.05) is 0 Å². The van der Waals surface area contributed by atoms with Crippen molar-refractivity contribution in [3.05, 3.63) is 23.9 Å². The largest absolute Gasteiger partial charge is 0.465 e. The highest BCUT2D eigenvalue weighted by Gasteiger charge is 2.29. The van der Waals surface area contributed by atoms with Crippen LogP contribution in [0.1, 0.15) is 40.2 Å². The molecular weight excluding hydrogens is 340 g/mol. The molecule has 1 N–H and O–H groups in total. The first-order chi connectivity index (χ1) is 12.2. The van der Waals surface area contributed by atoms with Gasteiger partial charge >= 0.3 is 18.0 Å². The number of nitrogens with one attached hydrogen (secondary N) is 1. The summed E-state index contributed by atoms with van der Waals surface area (Å²) in [6.45, 7) is 8.95. The number of anilines is 1. The van der Waals surface area contributed by atoms with Crippen LogP contribution in [0.25, 0.3) is 0 Å². The first-order valence-corrected chi connectivity index (χ1v) is 8.44. The minimum atomic E-state index is -1.05. The summed E-state index contributed by atoms with van der Waals surface area (Å²) in [6, 6.07) is 3.22. The molecule has 0 bridgehead atoms. The quantitative estimate of drug-likeness (QED) is 0.449. The van der Waals surface area contributed by atoms with Crippen molar-refractivity contribution >= 4 is 23.8 Å². The maximum Gasteiger partial charge on any atom is 0.413 e. The van der Waals surface area contributed by atoms with E-state index in [1.54, 1.807) is 46.8 Å². The van der Waals surface area contributed by atoms with Crippen molar-refractivity contribution in [3.8, 4) is 0 Å². The molecule has 8 nitrogen and oxygen atoms in total. The number of nitrogens with zero attached hydrogens (tertiary/aromatic N) is 1. The molecule has 0 aliphatic carbocycles. The van der Waals surface area contributed by atoms with Crippen LogP contribution in [-0.4, -0.2) is 41.8 Å². The molecule has 0 fully saturated rings. The standard InChI is InChI=1S/C18H26N2O6/c1-6-24-15(21)13(16(22)25-7-2)10-12-8-9-14(19-11-12)20-17(23)26-18(3,4)5/h8-9,11,13H,6-7,10H2,1-5H3,(H,19,20,23). The van der Waals surface area contributed by atoms with Gasteiger partial charge in [-0.25, -0.2) is 9.78 Å². The van der Waals surface area contributed by atoms with E-state index in [-0.39, 0.29) is 19.6 Å². The second-order valence-electron chi connectivity index (χ2n) is 6.44. The number of amides is 1. The van der Waals surface area contributed by atoms with Crippen LogP contribution in [-0.2, 0) is 30.2 Å². The predicted molar refractivity (Wildman–Crippen MR) is 94.6 cm³/mol. The van der Waals surface area contributed by atoms with Gasteiger partial charge in [0.2, 0.25) is 0 Å². The Morgan fingerprint density at radius 3 is 2.08 bits per heavy atom. The normalized spacial score (nSPS) is 11.0. The van der Waals surface area contributed by atoms with Crippen LogP contribution in [0.3, 0.4) is 0 Å². The third-order valence-electron chi connectivity index (χ3n) is 3.04. The van der Waals surface area contributed by atoms with Gasteiger partial charge in [-0.05, 0) is 52.7 Å². The maximum atomic E-state index is 12.0. The molecule has 1 heterocycles. The van der Waals surface area contributed by atoms with Gasteiger partial charge in [0.1, 0.15) is 11.4 Å². The first kappa shape index (κ1) is 21.4. The Bertz CT molecular complexity index is 604. The van der Waals surface area contributed by atoms with E-state index >= 15 is 0 Å². The van der Waals surface area contributed by atoms with E-state index < -0.39 is 29.6 Å². The zero-order chi connectivity index (χ0) is 19.7. The molecule has 0 saturated heterocycles. The number of pyridine rings is 1. The summed E-state index contributed by atoms with van der Waals surface area (Å²) in [6.07, 6.45) is 0.948. The fraction of sp³-hybridized carbons (Fsp3) is 0.556. The van der Waals surface area contributed by atoms with Crippen molar-refractivity contribution in [2.75, 3.05) is 18.5 Å². The van der Waals surface area contributed by atoms with E-state index in [4.69, 9.17) is 14.2 Å². The Kier molecular flexibility index (Phi) is 8.02. The van der Waals surface area contributed by atoms with Crippen LogP contribution >= 0.6 is 0 Å². The lowest BCUT2D eigenvalue weighted by Crippen LogP contribution is -2.30. The summed E-state index contributed by atoms with van der Waals surface area (Å²) in [4.78, 5) is 39.8. The molecule has 144 valence electrons. The second-order valence-corrected chi connectivity index (χ2v) is 6.44. The highest BCUT2D eigenvalue weighted by Crippen LogP contribution is 2.15. The van der Waals surface area contributed by atoms with Gasteiger partial charge < -0.3 is 14.2 Å². The molecule has 0 aliphatic rings. The van der Waals surface area contributed by atoms with Gasteiger partial charge in [0.05, 0.1) is 13.2 Å². The molecular formula is C18H26N2O6. The lowest BCUT2D eigenvalue weighted by atomic mass is 10.0. The molecule has 1 aromatic heterocycles. The molecule has 26 heavy (non-hydrogen) atoms. The minimum absolute atomic E-state index is 0.0946. The second kappa shape index (κ2) is 9.74. The van der Waals surface area contributed by atoms with Gasteiger partial charge in [-0.1, -0.05) is 6.07 Å². The van der Waals surface area contributed by atoms with Crippen LogP contribution in [0.15, 0.2) is 18.3 Å². The van der Waals surface area contributed by atoms with E-state index in [9.17, 15) is 14.4 Å². The topological polar surface area (TPSA) is 104 Å². The summed E-state index contributed by atoms with van der Waals surface area (Å²) >= 11 is 0. The number of hydrogen-bond donors (Lipinski definition) is 1. The molecule has 1 rings (SSSR count). The Labute approximate surface area is 153 Å². The smallest absolute Gasteiger partial charge is 0.413 e. The highest BCUT2D eigenvalue weighted by atomic mass is 16.6. The fourth-order valence-corrected chi connectivity index (χ4v) is 2.01. The number of rotatable bonds is 7. The van der Waals surface area contributed by atoms with Crippen molar-refractivity contribution in [1.82, 2.24) is 4.98 Å². The first-order valence-electron chi connectivity index (χ1n) is 8.44. The van der Waals surface area contributed by atoms with Crippen molar-refractivity contribution in [3.63, 3.8) is 0 Å². The van der Waals surface area contributed by atoms with Gasteiger partial charge in [-0.3, -0.25) is 14.9 Å². The minimum Gasteiger partial charge on any atom is -0.465 e. The van der Waals surface area contributed by atoms with Crippen LogP contribution in [0.2, 0.25) is 0 Å². The number of ether oxygens (including phenoxy) is 3. The average Bonchev–Trinajstić information content (AvgIpc) is 2.52. The summed E-state index contributed by atoms with van der Waals surface area (Å²) in [5.74, 6) is -2.03. The Hall–Kier alpha value is -2.64. The zero-order valence-corrected chi connectivity index (χ0v) is 15.8. The Morgan fingerprint density at radius 2 is 1.65 bits per heavy atom. The van der Waals surface area contributed by atoms with E-state index in [0.29, 0.717) is 11.4 Å². The molecule has 1 amide bonds. The molecule has 0 radical (unpaired) electrons. The van der Waals surface area contributed by atoms with E-state index in [0.717, 1.165) is 0 Å². The van der Waals surface area contributed by atoms with Gasteiger partial charge in [0.15, 0.2) is 5.92 Å². The third kappa shape index (κ3) is 7.50. The zero-order valence-electron chi connectivity index (χ0n) is 15.8. The van der Waals surface area contributed by atoms with Crippen LogP contribution in [0, 0.1) is 5.92 Å². The molecule has 0 spiro atoms. The molecule has 8 heteroatoms. The number of carbonyl (C=O) groups is 3. The number of hydrogen-bond acceptors (Lipinski definition) is 7. The van der Waals surface area contributed by atoms with Crippen molar-refractivity contribution in [2.24, 2.45) is 5.92 Å². The van der Waals surface area contributed by atoms with Crippen LogP contribution in [0.4, 0.5) is 10.6 Å². The van der Waals surface area contributed by atoms with Gasteiger partial charge in [-0.2, -0.15) is 0 Å². The SMILES string of the molecule is CCOC(=O)C(Cc1ccc(NC(=O)OC(C)(C)C)nc1)C(=O)OCC. The number of aromatic nitrogens is 1. The Balaban J connectivity index is 2.77. The van der Waals surface area contributed by atoms with Crippen molar-refractivity contribution in [2.45, 2.75) is 46.6 Å². The summed E-state index contributed by atoms with van der Waals surface area (Å²) < 4.78 is 15.0. The van der Waals surface area contributed by atoms with E-state index in [1.165, 1.54) is 6.20 Å². The molecule has 0 atom stereocenters. The lowest BCUT2D eigenvalue weighted by Gasteiger charge is -2.19. The molecule has 1 aromatic rings. The average molecular weight is 366 g/mol. The number of esters is 2. The summed E-state index contributed by atoms with van der Waals surface area (Å²) in [5.41, 5.74) is 0.0159. The van der Waals surface area contributed by atoms with Crippen molar-refractivity contribution < 1.29 is 28.6 Å². The van der Waals surface area contributed by atoms with Gasteiger partial charge in [0.25, 0.3) is 0 Å². The number of carbonyl (C=O) groups excluding carboxylic acids is 3. The van der Waals surface area contributed by atoms with Gasteiger partial charge in [-0.15, -0.1) is 0 Å². The highest BCUT2D eigenvalue weighted by molar-refractivity contribution is 5.95. The molecule has 0 aliphatic heterocycles. The Morgan fingerprint density at radius 1 is 1.08 bits per heavy atom. The predicted octanol–water partition coefficient (Wildman–Crippen LogP) is 2.71. The van der Waals surface area contributed by atoms with Crippen LogP contribution < -0.4 is 5.32 Å². The lowest BCUT2D eigenvalue weighted by molar-refractivity contribution is -0.161. The fourth-order valence-electron chi connectivity index (χ4n) is 2.01. The van der Waals surface area contributed by atoms with E-state index in [2.05, 4.69) is 10.3 Å². The van der Waals surface area contributed by atoms with Crippen LogP contribution in [0.5, 0.6) is 0 Å². The summed E-state index contributed by atoms with van der Waals surface area (Å²) in [5, 5.41) is 2.51. The van der Waals surface area contributed by atoms with Crippen molar-refractivity contribution in [1.29, 1.82) is 0 Å². The third-order valence-corrected chi connectivity index (χ3v) is 3.04. The molecule has 0 aromatic carbocycles. The summed E-state index contributed by atoms with van der Waals surface area (Å²) in [7, 11) is 0. The molecule has 0 saturated carbocycles. The van der Waals surface area contributed by atoms with Gasteiger partial charge in [0, 0.05) is 6.20 Å². The molecule has 0 unspecified atom stereocenters. The maximum absolute atomic E-state index is 12.0.